The zero-order chi connectivity index (χ0) is 17.4. The Morgan fingerprint density at radius 2 is 2.00 bits per heavy atom. The predicted molar refractivity (Wildman–Crippen MR) is 88.7 cm³/mol. The average Bonchev–Trinajstić information content (AvgIpc) is 2.56. The van der Waals surface area contributed by atoms with Crippen molar-refractivity contribution in [2.24, 2.45) is 0 Å². The lowest BCUT2D eigenvalue weighted by atomic mass is 10.0. The van der Waals surface area contributed by atoms with Gasteiger partial charge in [-0.25, -0.2) is 13.4 Å². The van der Waals surface area contributed by atoms with E-state index in [4.69, 9.17) is 5.11 Å². The van der Waals surface area contributed by atoms with Crippen LogP contribution in [0.25, 0.3) is 6.08 Å². The van der Waals surface area contributed by atoms with Crippen LogP contribution in [-0.4, -0.2) is 28.1 Å². The van der Waals surface area contributed by atoms with E-state index in [1.807, 2.05) is 0 Å². The Hall–Kier alpha value is -2.80. The van der Waals surface area contributed by atoms with Crippen molar-refractivity contribution in [3.8, 4) is 0 Å². The van der Waals surface area contributed by atoms with Crippen molar-refractivity contribution < 1.29 is 23.3 Å². The number of Topliss-reactive ketones (excluding diaryl/α,β-unsaturated/α-hetero) is 1. The van der Waals surface area contributed by atoms with Crippen LogP contribution >= 0.6 is 0 Å². The number of hydrogen-bond donors (Lipinski definition) is 1. The number of rotatable bonds is 2. The molecule has 2 aromatic rings. The van der Waals surface area contributed by atoms with Crippen LogP contribution in [0.2, 0.25) is 0 Å². The molecule has 0 saturated carbocycles. The van der Waals surface area contributed by atoms with Gasteiger partial charge in [0.2, 0.25) is 5.78 Å². The summed E-state index contributed by atoms with van der Waals surface area (Å²) >= 11 is 0. The maximum Gasteiger partial charge on any atom is 0.335 e. The molecule has 0 radical (unpaired) electrons. The Bertz CT molecular complexity index is 923. The van der Waals surface area contributed by atoms with Crippen molar-refractivity contribution in [2.45, 2.75) is 0 Å². The summed E-state index contributed by atoms with van der Waals surface area (Å²) in [5, 5.41) is 9.08. The number of benzene rings is 2. The van der Waals surface area contributed by atoms with E-state index in [2.05, 4.69) is 0 Å². The summed E-state index contributed by atoms with van der Waals surface area (Å²) < 4.78 is 27.2. The van der Waals surface area contributed by atoms with Crippen LogP contribution in [0.1, 0.15) is 26.3 Å². The SMILES string of the molecule is CN1c2ccc(C(=O)O)cc2C(=O)/C(=C/c2cccc(F)c2)S1=O. The van der Waals surface area contributed by atoms with E-state index in [1.165, 1.54) is 46.8 Å². The van der Waals surface area contributed by atoms with E-state index in [9.17, 15) is 18.2 Å². The number of carboxylic acids is 1. The summed E-state index contributed by atoms with van der Waals surface area (Å²) in [5.74, 6) is -2.16. The topological polar surface area (TPSA) is 74.7 Å². The molecule has 2 aromatic carbocycles. The molecule has 7 heteroatoms. The van der Waals surface area contributed by atoms with Crippen molar-refractivity contribution in [2.75, 3.05) is 11.4 Å². The van der Waals surface area contributed by atoms with Crippen molar-refractivity contribution in [1.29, 1.82) is 0 Å². The molecule has 1 N–H and O–H groups in total. The number of halogens is 1. The Balaban J connectivity index is 2.14. The maximum atomic E-state index is 13.3. The number of anilines is 1. The molecule has 0 bridgehead atoms. The normalized spacial score (nSPS) is 18.6. The number of allylic oxidation sites excluding steroid dienone is 1. The Morgan fingerprint density at radius 1 is 1.25 bits per heavy atom. The monoisotopic (exact) mass is 345 g/mol. The molecule has 1 unspecified atom stereocenters. The molecular weight excluding hydrogens is 333 g/mol. The maximum absolute atomic E-state index is 13.3. The van der Waals surface area contributed by atoms with Crippen molar-refractivity contribution in [3.63, 3.8) is 0 Å². The molecule has 0 fully saturated rings. The molecule has 122 valence electrons. The Morgan fingerprint density at radius 3 is 2.67 bits per heavy atom. The summed E-state index contributed by atoms with van der Waals surface area (Å²) in [6.07, 6.45) is 1.36. The molecular formula is C17H12FNO4S. The zero-order valence-corrected chi connectivity index (χ0v) is 13.3. The lowest BCUT2D eigenvalue weighted by Crippen LogP contribution is -2.31. The minimum Gasteiger partial charge on any atom is -0.478 e. The zero-order valence-electron chi connectivity index (χ0n) is 12.5. The molecule has 1 aliphatic rings. The molecule has 5 nitrogen and oxygen atoms in total. The third kappa shape index (κ3) is 2.74. The third-order valence-electron chi connectivity index (χ3n) is 3.63. The highest BCUT2D eigenvalue weighted by Gasteiger charge is 2.32. The molecule has 24 heavy (non-hydrogen) atoms. The van der Waals surface area contributed by atoms with Crippen LogP contribution in [0.5, 0.6) is 0 Å². The smallest absolute Gasteiger partial charge is 0.335 e. The van der Waals surface area contributed by atoms with Gasteiger partial charge in [-0.2, -0.15) is 0 Å². The van der Waals surface area contributed by atoms with Gasteiger partial charge in [0.15, 0.2) is 11.0 Å². The highest BCUT2D eigenvalue weighted by atomic mass is 32.2. The summed E-state index contributed by atoms with van der Waals surface area (Å²) in [7, 11) is -0.221. The second-order valence-corrected chi connectivity index (χ2v) is 6.66. The molecule has 1 atom stereocenters. The number of aromatic carboxylic acids is 1. The fourth-order valence-corrected chi connectivity index (χ4v) is 3.58. The van der Waals surface area contributed by atoms with Gasteiger partial charge in [0.05, 0.1) is 11.3 Å². The molecule has 1 aliphatic heterocycles. The van der Waals surface area contributed by atoms with Gasteiger partial charge < -0.3 is 5.11 Å². The second-order valence-electron chi connectivity index (χ2n) is 5.18. The summed E-state index contributed by atoms with van der Waals surface area (Å²) in [5.41, 5.74) is 0.908. The van der Waals surface area contributed by atoms with Crippen LogP contribution < -0.4 is 4.31 Å². The number of carbonyl (C=O) groups excluding carboxylic acids is 1. The predicted octanol–water partition coefficient (Wildman–Crippen LogP) is 2.86. The highest BCUT2D eigenvalue weighted by Crippen LogP contribution is 2.33. The minimum absolute atomic E-state index is 0.0295. The Kier molecular flexibility index (Phi) is 4.02. The van der Waals surface area contributed by atoms with Crippen molar-refractivity contribution >= 4 is 34.5 Å². The van der Waals surface area contributed by atoms with E-state index in [1.54, 1.807) is 13.1 Å². The van der Waals surface area contributed by atoms with Crippen molar-refractivity contribution in [1.82, 2.24) is 0 Å². The van der Waals surface area contributed by atoms with Gasteiger partial charge in [0.1, 0.15) is 10.7 Å². The number of ketones is 1. The molecule has 0 saturated heterocycles. The molecule has 0 aliphatic carbocycles. The van der Waals surface area contributed by atoms with E-state index < -0.39 is 28.6 Å². The van der Waals surface area contributed by atoms with Crippen LogP contribution in [0.3, 0.4) is 0 Å². The first-order valence-corrected chi connectivity index (χ1v) is 8.04. The van der Waals surface area contributed by atoms with Gasteiger partial charge in [-0.05, 0) is 42.0 Å². The van der Waals surface area contributed by atoms with Gasteiger partial charge in [-0.1, -0.05) is 12.1 Å². The van der Waals surface area contributed by atoms with E-state index in [0.29, 0.717) is 11.3 Å². The lowest BCUT2D eigenvalue weighted by Gasteiger charge is -2.27. The standard InChI is InChI=1S/C17H12FNO4S/c1-19-14-6-5-11(17(21)22)9-13(14)16(20)15(24(19)23)8-10-3-2-4-12(18)7-10/h2-9H,1H3,(H,21,22)/b15-8-. The third-order valence-corrected chi connectivity index (χ3v) is 5.01. The van der Waals surface area contributed by atoms with Crippen LogP contribution in [0.4, 0.5) is 10.1 Å². The molecule has 3 rings (SSSR count). The summed E-state index contributed by atoms with van der Waals surface area (Å²) in [6, 6.07) is 9.62. The number of fused-ring (bicyclic) bond motifs is 1. The number of carboxylic acid groups (broad SMARTS) is 1. The minimum atomic E-state index is -1.76. The molecule has 0 spiro atoms. The number of nitrogens with zero attached hydrogens (tertiary/aromatic N) is 1. The first-order valence-electron chi connectivity index (χ1n) is 6.93. The Labute approximate surface area is 139 Å². The van der Waals surface area contributed by atoms with E-state index >= 15 is 0 Å². The fourth-order valence-electron chi connectivity index (χ4n) is 2.44. The van der Waals surface area contributed by atoms with Gasteiger partial charge in [0.25, 0.3) is 0 Å². The van der Waals surface area contributed by atoms with Gasteiger partial charge in [-0.3, -0.25) is 9.10 Å². The fraction of sp³-hybridized carbons (Fsp3) is 0.0588. The lowest BCUT2D eigenvalue weighted by molar-refractivity contribution is 0.0697. The summed E-state index contributed by atoms with van der Waals surface area (Å²) in [6.45, 7) is 0. The van der Waals surface area contributed by atoms with Gasteiger partial charge in [-0.15, -0.1) is 0 Å². The second kappa shape index (κ2) is 6.01. The molecule has 0 amide bonds. The quantitative estimate of drug-likeness (QED) is 0.850. The number of carbonyl (C=O) groups is 2. The van der Waals surface area contributed by atoms with E-state index in [0.717, 1.165) is 0 Å². The first-order chi connectivity index (χ1) is 11.4. The molecule has 0 aromatic heterocycles. The summed E-state index contributed by atoms with van der Waals surface area (Å²) in [4.78, 5) is 23.7. The van der Waals surface area contributed by atoms with Crippen LogP contribution in [0, 0.1) is 5.82 Å². The average molecular weight is 345 g/mol. The number of hydrogen-bond acceptors (Lipinski definition) is 3. The van der Waals surface area contributed by atoms with Crippen molar-refractivity contribution in [3.05, 3.63) is 69.9 Å². The van der Waals surface area contributed by atoms with Crippen LogP contribution in [-0.2, 0) is 11.0 Å². The van der Waals surface area contributed by atoms with Crippen LogP contribution in [0.15, 0.2) is 47.4 Å². The first kappa shape index (κ1) is 16.1. The van der Waals surface area contributed by atoms with E-state index in [-0.39, 0.29) is 16.0 Å². The van der Waals surface area contributed by atoms with Gasteiger partial charge in [0, 0.05) is 12.6 Å². The molecule has 1 heterocycles. The largest absolute Gasteiger partial charge is 0.478 e. The van der Waals surface area contributed by atoms with Gasteiger partial charge >= 0.3 is 5.97 Å². The highest BCUT2D eigenvalue weighted by molar-refractivity contribution is 7.91.